The number of amidine groups is 1. The first-order valence-corrected chi connectivity index (χ1v) is 11.6. The van der Waals surface area contributed by atoms with Gasteiger partial charge in [-0.05, 0) is 31.1 Å². The summed E-state index contributed by atoms with van der Waals surface area (Å²) in [6, 6.07) is -1.22. The van der Waals surface area contributed by atoms with E-state index < -0.39 is 42.9 Å². The number of alkyl halides is 3. The van der Waals surface area contributed by atoms with E-state index in [1.54, 1.807) is 4.90 Å². The summed E-state index contributed by atoms with van der Waals surface area (Å²) in [7, 11) is -1.70. The van der Waals surface area contributed by atoms with E-state index in [0.29, 0.717) is 31.7 Å². The Bertz CT molecular complexity index is 831. The van der Waals surface area contributed by atoms with E-state index in [2.05, 4.69) is 15.3 Å². The average molecular weight is 475 g/mol. The molecule has 5 N–H and O–H groups in total. The fraction of sp³-hybridized carbons (Fsp3) is 0.737. The highest BCUT2D eigenvalue weighted by Crippen LogP contribution is 2.37. The number of hydrogen-bond donors (Lipinski definition) is 4. The van der Waals surface area contributed by atoms with Gasteiger partial charge in [0.15, 0.2) is 10.8 Å². The van der Waals surface area contributed by atoms with E-state index in [-0.39, 0.29) is 16.9 Å². The SMILES string of the molecule is CC(C)CC(NC(=O)[C@H](CC1CC1)N=C(N)[C@@H]1CCN1c1nc(C(F)(F)F)cs1)B(O)O. The van der Waals surface area contributed by atoms with Crippen LogP contribution < -0.4 is 16.0 Å². The standard InChI is InChI=1S/C19H29BF3N5O3S/c1-10(2)7-15(20(30)31)27-17(29)12(8-11-3-4-11)25-16(24)13-5-6-28(13)18-26-14(9-32-18)19(21,22)23/h9-13,15,30-31H,3-8H2,1-2H3,(H2,24,25)(H,27,29)/t12-,13-,15?/m0/s1. The summed E-state index contributed by atoms with van der Waals surface area (Å²) in [6.07, 6.45) is -1.05. The van der Waals surface area contributed by atoms with Crippen molar-refractivity contribution in [2.45, 2.75) is 70.2 Å². The summed E-state index contributed by atoms with van der Waals surface area (Å²) in [5.41, 5.74) is 5.25. The number of carbonyl (C=O) groups is 1. The second-order valence-corrected chi connectivity index (χ2v) is 9.75. The van der Waals surface area contributed by atoms with E-state index in [1.165, 1.54) is 0 Å². The van der Waals surface area contributed by atoms with Crippen molar-refractivity contribution in [1.29, 1.82) is 0 Å². The third-order valence-electron chi connectivity index (χ3n) is 5.66. The van der Waals surface area contributed by atoms with Gasteiger partial charge in [0.05, 0.1) is 12.0 Å². The summed E-state index contributed by atoms with van der Waals surface area (Å²) in [4.78, 5) is 22.6. The summed E-state index contributed by atoms with van der Waals surface area (Å²) in [6.45, 7) is 4.32. The number of carbonyl (C=O) groups excluding carboxylic acids is 1. The first-order valence-electron chi connectivity index (χ1n) is 10.7. The average Bonchev–Trinajstić information content (AvgIpc) is 3.32. The maximum atomic E-state index is 12.9. The molecule has 2 heterocycles. The van der Waals surface area contributed by atoms with Crippen LogP contribution in [0.1, 0.15) is 51.6 Å². The van der Waals surface area contributed by atoms with Crippen LogP contribution in [0.2, 0.25) is 0 Å². The van der Waals surface area contributed by atoms with Gasteiger partial charge < -0.3 is 26.0 Å². The van der Waals surface area contributed by atoms with Crippen molar-refractivity contribution in [1.82, 2.24) is 10.3 Å². The Hall–Kier alpha value is -1.86. The van der Waals surface area contributed by atoms with E-state index >= 15 is 0 Å². The summed E-state index contributed by atoms with van der Waals surface area (Å²) < 4.78 is 38.6. The summed E-state index contributed by atoms with van der Waals surface area (Å²) in [5.74, 6) is -0.586. The van der Waals surface area contributed by atoms with Crippen LogP contribution in [0.4, 0.5) is 18.3 Å². The number of aliphatic imine (C=N–C) groups is 1. The maximum Gasteiger partial charge on any atom is 0.475 e. The molecule has 0 bridgehead atoms. The zero-order valence-corrected chi connectivity index (χ0v) is 18.9. The van der Waals surface area contributed by atoms with Crippen LogP contribution in [0.3, 0.4) is 0 Å². The Morgan fingerprint density at radius 1 is 1.41 bits per heavy atom. The number of nitrogens with zero attached hydrogens (tertiary/aromatic N) is 3. The lowest BCUT2D eigenvalue weighted by Crippen LogP contribution is -2.56. The van der Waals surface area contributed by atoms with Crippen LogP contribution in [0.25, 0.3) is 0 Å². The second-order valence-electron chi connectivity index (χ2n) is 8.92. The quantitative estimate of drug-likeness (QED) is 0.233. The van der Waals surface area contributed by atoms with Crippen molar-refractivity contribution in [2.24, 2.45) is 22.6 Å². The molecule has 32 heavy (non-hydrogen) atoms. The number of halogens is 3. The Labute approximate surface area is 189 Å². The minimum absolute atomic E-state index is 0.140. The van der Waals surface area contributed by atoms with Crippen LogP contribution in [0.5, 0.6) is 0 Å². The third-order valence-corrected chi connectivity index (χ3v) is 6.54. The van der Waals surface area contributed by atoms with Gasteiger partial charge in [-0.1, -0.05) is 26.7 Å². The van der Waals surface area contributed by atoms with Gasteiger partial charge in [0, 0.05) is 11.9 Å². The van der Waals surface area contributed by atoms with Crippen LogP contribution in [0, 0.1) is 11.8 Å². The first-order chi connectivity index (χ1) is 15.0. The highest BCUT2D eigenvalue weighted by Gasteiger charge is 2.39. The zero-order chi connectivity index (χ0) is 23.6. The number of nitrogens with two attached hydrogens (primary N) is 1. The smallest absolute Gasteiger partial charge is 0.426 e. The summed E-state index contributed by atoms with van der Waals surface area (Å²) >= 11 is 0.894. The van der Waals surface area contributed by atoms with Gasteiger partial charge in [-0.3, -0.25) is 9.79 Å². The highest BCUT2D eigenvalue weighted by atomic mass is 32.1. The molecule has 3 atom stereocenters. The van der Waals surface area contributed by atoms with Crippen molar-refractivity contribution >= 4 is 35.3 Å². The molecule has 1 saturated heterocycles. The maximum absolute atomic E-state index is 12.9. The number of aromatic nitrogens is 1. The Balaban J connectivity index is 1.71. The van der Waals surface area contributed by atoms with Gasteiger partial charge >= 0.3 is 13.3 Å². The Kier molecular flexibility index (Phi) is 7.71. The third kappa shape index (κ3) is 6.35. The molecule has 1 aromatic rings. The van der Waals surface area contributed by atoms with Crippen molar-refractivity contribution in [2.75, 3.05) is 11.4 Å². The monoisotopic (exact) mass is 475 g/mol. The minimum Gasteiger partial charge on any atom is -0.426 e. The normalized spacial score (nSPS) is 21.3. The Morgan fingerprint density at radius 3 is 2.56 bits per heavy atom. The van der Waals surface area contributed by atoms with Gasteiger partial charge in [0.2, 0.25) is 5.91 Å². The van der Waals surface area contributed by atoms with Gasteiger partial charge in [-0.15, -0.1) is 11.3 Å². The molecule has 1 unspecified atom stereocenters. The number of nitrogens with one attached hydrogen (secondary N) is 1. The second kappa shape index (κ2) is 9.96. The molecule has 178 valence electrons. The molecule has 2 aliphatic rings. The van der Waals surface area contributed by atoms with Gasteiger partial charge in [0.1, 0.15) is 11.9 Å². The molecule has 1 aromatic heterocycles. The largest absolute Gasteiger partial charge is 0.475 e. The van der Waals surface area contributed by atoms with Crippen molar-refractivity contribution in [3.63, 3.8) is 0 Å². The lowest BCUT2D eigenvalue weighted by Gasteiger charge is -2.40. The fourth-order valence-corrected chi connectivity index (χ4v) is 4.55. The topological polar surface area (TPSA) is 124 Å². The van der Waals surface area contributed by atoms with Crippen LogP contribution in [-0.4, -0.2) is 58.5 Å². The molecule has 1 aliphatic heterocycles. The molecule has 0 radical (unpaired) electrons. The van der Waals surface area contributed by atoms with E-state index in [1.807, 2.05) is 13.8 Å². The van der Waals surface area contributed by atoms with Crippen molar-refractivity contribution in [3.8, 4) is 0 Å². The van der Waals surface area contributed by atoms with Gasteiger partial charge in [-0.25, -0.2) is 4.98 Å². The molecular weight excluding hydrogens is 446 g/mol. The molecule has 13 heteroatoms. The van der Waals surface area contributed by atoms with Crippen LogP contribution >= 0.6 is 11.3 Å². The zero-order valence-electron chi connectivity index (χ0n) is 18.0. The van der Waals surface area contributed by atoms with E-state index in [9.17, 15) is 28.0 Å². The van der Waals surface area contributed by atoms with Crippen LogP contribution in [-0.2, 0) is 11.0 Å². The molecule has 0 spiro atoms. The number of thiazole rings is 1. The van der Waals surface area contributed by atoms with Crippen LogP contribution in [0.15, 0.2) is 10.4 Å². The highest BCUT2D eigenvalue weighted by molar-refractivity contribution is 7.13. The Morgan fingerprint density at radius 2 is 2.09 bits per heavy atom. The summed E-state index contributed by atoms with van der Waals surface area (Å²) in [5, 5.41) is 23.1. The number of rotatable bonds is 10. The predicted octanol–water partition coefficient (Wildman–Crippen LogP) is 1.81. The molecule has 1 amide bonds. The molecule has 0 aromatic carbocycles. The molecular formula is C19H29BF3N5O3S. The van der Waals surface area contributed by atoms with E-state index in [0.717, 1.165) is 29.6 Å². The lowest BCUT2D eigenvalue weighted by molar-refractivity contribution is -0.140. The fourth-order valence-electron chi connectivity index (χ4n) is 3.65. The molecule has 1 saturated carbocycles. The first kappa shape index (κ1) is 24.8. The molecule has 1 aliphatic carbocycles. The van der Waals surface area contributed by atoms with Crippen molar-refractivity contribution in [3.05, 3.63) is 11.1 Å². The molecule has 3 rings (SSSR count). The molecule has 2 fully saturated rings. The number of amides is 1. The number of hydrogen-bond acceptors (Lipinski definition) is 7. The van der Waals surface area contributed by atoms with E-state index in [4.69, 9.17) is 5.73 Å². The van der Waals surface area contributed by atoms with Gasteiger partial charge in [-0.2, -0.15) is 13.2 Å². The van der Waals surface area contributed by atoms with Crippen molar-refractivity contribution < 1.29 is 28.0 Å². The number of anilines is 1. The molecule has 8 nitrogen and oxygen atoms in total. The lowest BCUT2D eigenvalue weighted by atomic mass is 9.75. The predicted molar refractivity (Wildman–Crippen MR) is 117 cm³/mol. The van der Waals surface area contributed by atoms with Gasteiger partial charge in [0.25, 0.3) is 0 Å². The minimum atomic E-state index is -4.51.